The summed E-state index contributed by atoms with van der Waals surface area (Å²) in [6.07, 6.45) is 4.17. The van der Waals surface area contributed by atoms with Gasteiger partial charge in [0.25, 0.3) is 0 Å². The fraction of sp³-hybridized carbons (Fsp3) is 0.750. The Hall–Kier alpha value is -0.630. The first kappa shape index (κ1) is 9.91. The zero-order chi connectivity index (χ0) is 10.3. The number of carbonyl (C=O) groups is 1. The van der Waals surface area contributed by atoms with Crippen LogP contribution in [0.3, 0.4) is 0 Å². The van der Waals surface area contributed by atoms with Crippen LogP contribution in [0.5, 0.6) is 0 Å². The van der Waals surface area contributed by atoms with Crippen molar-refractivity contribution in [2.45, 2.75) is 38.6 Å². The largest absolute Gasteiger partial charge is 0.327 e. The minimum atomic E-state index is 0.139. The molecule has 0 aromatic heterocycles. The average Bonchev–Trinajstić information content (AvgIpc) is 2.61. The smallest absolute Gasteiger partial charge is 0.141 e. The third-order valence-electron chi connectivity index (χ3n) is 3.83. The van der Waals surface area contributed by atoms with Gasteiger partial charge >= 0.3 is 0 Å². The van der Waals surface area contributed by atoms with E-state index >= 15 is 0 Å². The highest BCUT2D eigenvalue weighted by atomic mass is 16.1. The summed E-state index contributed by atoms with van der Waals surface area (Å²) in [4.78, 5) is 11.9. The van der Waals surface area contributed by atoms with Crippen LogP contribution in [-0.2, 0) is 4.79 Å². The molecule has 0 radical (unpaired) electrons. The van der Waals surface area contributed by atoms with E-state index in [2.05, 4.69) is 6.58 Å². The summed E-state index contributed by atoms with van der Waals surface area (Å²) in [6, 6.07) is 0.139. The molecule has 2 rings (SSSR count). The highest BCUT2D eigenvalue weighted by Gasteiger charge is 2.48. The predicted octanol–water partition coefficient (Wildman–Crippen LogP) is 1.90. The third kappa shape index (κ3) is 1.52. The Morgan fingerprint density at radius 2 is 2.07 bits per heavy atom. The first-order valence-corrected chi connectivity index (χ1v) is 5.52. The Morgan fingerprint density at radius 3 is 2.57 bits per heavy atom. The van der Waals surface area contributed by atoms with Gasteiger partial charge in [-0.05, 0) is 38.0 Å². The van der Waals surface area contributed by atoms with Crippen LogP contribution in [0.2, 0.25) is 0 Å². The molecule has 0 aromatic carbocycles. The molecule has 2 saturated carbocycles. The van der Waals surface area contributed by atoms with E-state index < -0.39 is 0 Å². The molecule has 0 aliphatic heterocycles. The summed E-state index contributed by atoms with van der Waals surface area (Å²) in [5.41, 5.74) is 7.05. The molecule has 14 heavy (non-hydrogen) atoms. The third-order valence-corrected chi connectivity index (χ3v) is 3.83. The van der Waals surface area contributed by atoms with E-state index in [1.807, 2.05) is 6.92 Å². The van der Waals surface area contributed by atoms with E-state index in [4.69, 9.17) is 5.73 Å². The summed E-state index contributed by atoms with van der Waals surface area (Å²) >= 11 is 0. The number of fused-ring (bicyclic) bond motifs is 2. The van der Waals surface area contributed by atoms with Gasteiger partial charge in [-0.3, -0.25) is 4.79 Å². The van der Waals surface area contributed by atoms with Gasteiger partial charge in [0.2, 0.25) is 0 Å². The monoisotopic (exact) mass is 193 g/mol. The van der Waals surface area contributed by atoms with E-state index in [-0.39, 0.29) is 12.0 Å². The molecular weight excluding hydrogens is 174 g/mol. The highest BCUT2D eigenvalue weighted by Crippen LogP contribution is 2.48. The first-order valence-electron chi connectivity index (χ1n) is 5.52. The molecule has 4 atom stereocenters. The SMILES string of the molecule is C=C(C)CC(=O)C1C2CCC(C2)C1N. The maximum Gasteiger partial charge on any atom is 0.141 e. The second-order valence-electron chi connectivity index (χ2n) is 5.04. The van der Waals surface area contributed by atoms with Crippen LogP contribution >= 0.6 is 0 Å². The van der Waals surface area contributed by atoms with Gasteiger partial charge in [0.1, 0.15) is 5.78 Å². The van der Waals surface area contributed by atoms with Gasteiger partial charge in [-0.25, -0.2) is 0 Å². The van der Waals surface area contributed by atoms with Gasteiger partial charge in [0.05, 0.1) is 0 Å². The Bertz CT molecular complexity index is 269. The molecule has 2 nitrogen and oxygen atoms in total. The molecule has 2 aliphatic carbocycles. The number of carbonyl (C=O) groups excluding carboxylic acids is 1. The Morgan fingerprint density at radius 1 is 1.43 bits per heavy atom. The van der Waals surface area contributed by atoms with Crippen LogP contribution in [0.25, 0.3) is 0 Å². The van der Waals surface area contributed by atoms with E-state index in [9.17, 15) is 4.79 Å². The fourth-order valence-corrected chi connectivity index (χ4v) is 3.23. The number of hydrogen-bond acceptors (Lipinski definition) is 2. The van der Waals surface area contributed by atoms with Gasteiger partial charge in [-0.2, -0.15) is 0 Å². The van der Waals surface area contributed by atoms with Crippen LogP contribution in [0, 0.1) is 17.8 Å². The molecule has 0 heterocycles. The van der Waals surface area contributed by atoms with E-state index in [0.29, 0.717) is 24.0 Å². The first-order chi connectivity index (χ1) is 6.59. The minimum Gasteiger partial charge on any atom is -0.327 e. The Kier molecular flexibility index (Phi) is 2.48. The van der Waals surface area contributed by atoms with E-state index in [0.717, 1.165) is 5.57 Å². The molecule has 2 aliphatic rings. The summed E-state index contributed by atoms with van der Waals surface area (Å²) in [5.74, 6) is 1.68. The number of allylic oxidation sites excluding steroid dienone is 1. The second kappa shape index (κ2) is 3.50. The molecule has 0 aromatic rings. The van der Waals surface area contributed by atoms with Crippen molar-refractivity contribution in [1.82, 2.24) is 0 Å². The fourth-order valence-electron chi connectivity index (χ4n) is 3.23. The summed E-state index contributed by atoms with van der Waals surface area (Å²) in [7, 11) is 0. The lowest BCUT2D eigenvalue weighted by atomic mass is 9.80. The lowest BCUT2D eigenvalue weighted by Crippen LogP contribution is -2.40. The number of ketones is 1. The molecule has 4 unspecified atom stereocenters. The van der Waals surface area contributed by atoms with Crippen LogP contribution in [0.15, 0.2) is 12.2 Å². The van der Waals surface area contributed by atoms with Gasteiger partial charge in [-0.15, -0.1) is 0 Å². The van der Waals surface area contributed by atoms with Crippen molar-refractivity contribution in [3.05, 3.63) is 12.2 Å². The standard InChI is InChI=1S/C12H19NO/c1-7(2)5-10(14)11-8-3-4-9(6-8)12(11)13/h8-9,11-12H,1,3-6,13H2,2H3. The molecule has 2 heteroatoms. The van der Waals surface area contributed by atoms with Gasteiger partial charge in [-0.1, -0.05) is 12.2 Å². The summed E-state index contributed by atoms with van der Waals surface area (Å²) < 4.78 is 0. The van der Waals surface area contributed by atoms with Crippen molar-refractivity contribution in [1.29, 1.82) is 0 Å². The zero-order valence-electron chi connectivity index (χ0n) is 8.83. The Balaban J connectivity index is 2.04. The van der Waals surface area contributed by atoms with Crippen LogP contribution < -0.4 is 5.73 Å². The molecule has 2 bridgehead atoms. The highest BCUT2D eigenvalue weighted by molar-refractivity contribution is 5.84. The van der Waals surface area contributed by atoms with Crippen molar-refractivity contribution in [3.63, 3.8) is 0 Å². The van der Waals surface area contributed by atoms with Gasteiger partial charge in [0.15, 0.2) is 0 Å². The molecule has 0 amide bonds. The predicted molar refractivity (Wildman–Crippen MR) is 56.7 cm³/mol. The topological polar surface area (TPSA) is 43.1 Å². The maximum absolute atomic E-state index is 11.9. The van der Waals surface area contributed by atoms with Crippen LogP contribution in [0.1, 0.15) is 32.6 Å². The normalized spacial score (nSPS) is 40.1. The molecule has 2 fully saturated rings. The van der Waals surface area contributed by atoms with Crippen LogP contribution in [0.4, 0.5) is 0 Å². The van der Waals surface area contributed by atoms with Gasteiger partial charge < -0.3 is 5.73 Å². The lowest BCUT2D eigenvalue weighted by molar-refractivity contribution is -0.124. The number of rotatable bonds is 3. The number of hydrogen-bond donors (Lipinski definition) is 1. The minimum absolute atomic E-state index is 0.139. The van der Waals surface area contributed by atoms with Crippen molar-refractivity contribution in [2.24, 2.45) is 23.5 Å². The van der Waals surface area contributed by atoms with E-state index in [1.54, 1.807) is 0 Å². The second-order valence-corrected chi connectivity index (χ2v) is 5.04. The van der Waals surface area contributed by atoms with Crippen molar-refractivity contribution in [3.8, 4) is 0 Å². The molecular formula is C12H19NO. The van der Waals surface area contributed by atoms with Crippen molar-refractivity contribution in [2.75, 3.05) is 0 Å². The molecule has 2 N–H and O–H groups in total. The zero-order valence-corrected chi connectivity index (χ0v) is 8.83. The summed E-state index contributed by atoms with van der Waals surface area (Å²) in [5, 5.41) is 0. The molecule has 0 saturated heterocycles. The van der Waals surface area contributed by atoms with Crippen molar-refractivity contribution < 1.29 is 4.79 Å². The van der Waals surface area contributed by atoms with Gasteiger partial charge in [0, 0.05) is 18.4 Å². The summed E-state index contributed by atoms with van der Waals surface area (Å²) in [6.45, 7) is 5.71. The average molecular weight is 193 g/mol. The lowest BCUT2D eigenvalue weighted by Gasteiger charge is -2.26. The maximum atomic E-state index is 11.9. The van der Waals surface area contributed by atoms with Crippen LogP contribution in [-0.4, -0.2) is 11.8 Å². The number of nitrogens with two attached hydrogens (primary N) is 1. The van der Waals surface area contributed by atoms with Crippen molar-refractivity contribution >= 4 is 5.78 Å². The Labute approximate surface area is 85.6 Å². The number of Topliss-reactive ketones (excluding diaryl/α,β-unsaturated/α-hetero) is 1. The molecule has 0 spiro atoms. The quantitative estimate of drug-likeness (QED) is 0.696. The van der Waals surface area contributed by atoms with E-state index in [1.165, 1.54) is 19.3 Å². The molecule has 78 valence electrons.